The van der Waals surface area contributed by atoms with Crippen molar-refractivity contribution in [1.29, 1.82) is 0 Å². The van der Waals surface area contributed by atoms with E-state index in [0.29, 0.717) is 35.9 Å². The van der Waals surface area contributed by atoms with Crippen molar-refractivity contribution in [3.05, 3.63) is 68.1 Å². The number of carbonyl (C=O) groups excluding carboxylic acids is 4. The Balaban J connectivity index is 1.45. The average molecular weight is 624 g/mol. The fourth-order valence-electron chi connectivity index (χ4n) is 5.22. The topological polar surface area (TPSA) is 145 Å². The average Bonchev–Trinajstić information content (AvgIpc) is 3.79. The van der Waals surface area contributed by atoms with Gasteiger partial charge in [-0.05, 0) is 43.7 Å². The predicted molar refractivity (Wildman–Crippen MR) is 165 cm³/mol. The lowest BCUT2D eigenvalue weighted by atomic mass is 10.0. The summed E-state index contributed by atoms with van der Waals surface area (Å²) in [5.41, 5.74) is 1.53. The van der Waals surface area contributed by atoms with Gasteiger partial charge in [-0.2, -0.15) is 0 Å². The summed E-state index contributed by atoms with van der Waals surface area (Å²) < 4.78 is 0. The van der Waals surface area contributed by atoms with Gasteiger partial charge < -0.3 is 26.2 Å². The molecule has 3 aromatic rings. The number of nitrogens with one attached hydrogen (secondary N) is 4. The van der Waals surface area contributed by atoms with Crippen LogP contribution in [0.2, 0.25) is 0 Å². The Hall–Kier alpha value is -3.68. The lowest BCUT2D eigenvalue weighted by molar-refractivity contribution is -0.137. The molecule has 1 aromatic carbocycles. The summed E-state index contributed by atoms with van der Waals surface area (Å²) >= 11 is 2.63. The molecular weight excluding hydrogens is 587 g/mol. The molecule has 2 aliphatic rings. The minimum absolute atomic E-state index is 0.0150. The number of hydrogen-bond donors (Lipinski definition) is 4. The van der Waals surface area contributed by atoms with Gasteiger partial charge in [-0.25, -0.2) is 9.97 Å². The number of fused-ring (bicyclic) bond motifs is 4. The highest BCUT2D eigenvalue weighted by molar-refractivity contribution is 7.10. The Morgan fingerprint density at radius 1 is 0.953 bits per heavy atom. The maximum absolute atomic E-state index is 13.5. The second kappa shape index (κ2) is 14.2. The Labute approximate surface area is 258 Å². The molecule has 0 saturated carbocycles. The van der Waals surface area contributed by atoms with Crippen LogP contribution in [-0.4, -0.2) is 70.7 Å². The van der Waals surface area contributed by atoms with Gasteiger partial charge in [-0.3, -0.25) is 19.2 Å². The highest BCUT2D eigenvalue weighted by Gasteiger charge is 2.30. The molecular formula is C30H37N7O4S2. The zero-order valence-electron chi connectivity index (χ0n) is 24.3. The fraction of sp³-hybridized carbons (Fsp3) is 0.467. The van der Waals surface area contributed by atoms with Crippen LogP contribution >= 0.6 is 22.7 Å². The van der Waals surface area contributed by atoms with Crippen LogP contribution in [-0.2, 0) is 16.0 Å². The molecule has 5 rings (SSSR count). The molecule has 0 aliphatic carbocycles. The van der Waals surface area contributed by atoms with Gasteiger partial charge in [0.05, 0.1) is 24.7 Å². The second-order valence-corrected chi connectivity index (χ2v) is 12.9. The monoisotopic (exact) mass is 623 g/mol. The predicted octanol–water partition coefficient (Wildman–Crippen LogP) is 2.84. The number of rotatable bonds is 4. The van der Waals surface area contributed by atoms with Crippen molar-refractivity contribution in [3.63, 3.8) is 0 Å². The van der Waals surface area contributed by atoms with Gasteiger partial charge in [0.15, 0.2) is 0 Å². The minimum Gasteiger partial charge on any atom is -0.351 e. The van der Waals surface area contributed by atoms with Gasteiger partial charge in [0.2, 0.25) is 11.8 Å². The molecule has 2 aliphatic heterocycles. The zero-order chi connectivity index (χ0) is 30.3. The minimum atomic E-state index is -0.494. The van der Waals surface area contributed by atoms with Crippen molar-refractivity contribution in [2.45, 2.75) is 57.7 Å². The summed E-state index contributed by atoms with van der Waals surface area (Å²) in [7, 11) is 0. The van der Waals surface area contributed by atoms with E-state index in [-0.39, 0.29) is 53.5 Å². The molecule has 1 unspecified atom stereocenters. The smallest absolute Gasteiger partial charge is 0.271 e. The van der Waals surface area contributed by atoms with Crippen LogP contribution in [0.1, 0.15) is 81.7 Å². The van der Waals surface area contributed by atoms with Crippen LogP contribution in [0.4, 0.5) is 0 Å². The number of thiazole rings is 2. The van der Waals surface area contributed by atoms with Gasteiger partial charge in [0, 0.05) is 23.8 Å². The first-order chi connectivity index (χ1) is 20.8. The summed E-state index contributed by atoms with van der Waals surface area (Å²) in [6.07, 6.45) is 2.57. The van der Waals surface area contributed by atoms with Crippen molar-refractivity contribution in [2.24, 2.45) is 5.92 Å². The van der Waals surface area contributed by atoms with Crippen LogP contribution in [0.25, 0.3) is 0 Å². The number of benzene rings is 1. The standard InChI is InChI=1S/C30H37N7O4S2/c1-18(2)25-29-35-22(16-43-29)26(39)32-12-7-13-37(30(41)20-10-6-11-31-20)15-24(38)33-21(14-19-8-4-3-5-9-19)28-34-23(17-42-28)27(40)36-25/h3-5,8-9,16-18,20-21,25,31H,6-7,10-15H2,1-2H3,(H,32,39)(H,33,38)(H,36,40)/t20-,21?,25+/m1/s1. The number of carbonyl (C=O) groups is 4. The highest BCUT2D eigenvalue weighted by Crippen LogP contribution is 2.27. The highest BCUT2D eigenvalue weighted by atomic mass is 32.1. The Morgan fingerprint density at radius 2 is 1.67 bits per heavy atom. The van der Waals surface area contributed by atoms with E-state index in [2.05, 4.69) is 31.2 Å². The molecule has 43 heavy (non-hydrogen) atoms. The number of hydrogen-bond acceptors (Lipinski definition) is 9. The Kier molecular flexibility index (Phi) is 10.2. The van der Waals surface area contributed by atoms with E-state index < -0.39 is 12.1 Å². The van der Waals surface area contributed by atoms with Crippen molar-refractivity contribution in [2.75, 3.05) is 26.2 Å². The summed E-state index contributed by atoms with van der Waals surface area (Å²) in [5.74, 6) is -1.10. The molecule has 13 heteroatoms. The van der Waals surface area contributed by atoms with Crippen molar-refractivity contribution in [3.8, 4) is 0 Å². The van der Waals surface area contributed by atoms with Crippen LogP contribution in [0.3, 0.4) is 0 Å². The lowest BCUT2D eigenvalue weighted by Gasteiger charge is -2.26. The first-order valence-electron chi connectivity index (χ1n) is 14.6. The van der Waals surface area contributed by atoms with E-state index in [4.69, 9.17) is 0 Å². The van der Waals surface area contributed by atoms with E-state index >= 15 is 0 Å². The molecule has 4 heterocycles. The molecule has 4 amide bonds. The van der Waals surface area contributed by atoms with Crippen molar-refractivity contribution in [1.82, 2.24) is 36.1 Å². The first-order valence-corrected chi connectivity index (χ1v) is 16.4. The van der Waals surface area contributed by atoms with E-state index in [0.717, 1.165) is 24.9 Å². The van der Waals surface area contributed by atoms with Crippen LogP contribution in [0, 0.1) is 5.92 Å². The third-order valence-corrected chi connectivity index (χ3v) is 9.43. The van der Waals surface area contributed by atoms with Gasteiger partial charge in [0.1, 0.15) is 21.4 Å². The summed E-state index contributed by atoms with van der Waals surface area (Å²) in [5, 5.41) is 16.8. The molecule has 0 radical (unpaired) electrons. The molecule has 2 aromatic heterocycles. The van der Waals surface area contributed by atoms with Crippen molar-refractivity contribution >= 4 is 46.3 Å². The second-order valence-electron chi connectivity index (χ2n) is 11.2. The fourth-order valence-corrected chi connectivity index (χ4v) is 7.09. The van der Waals surface area contributed by atoms with Gasteiger partial charge in [-0.1, -0.05) is 44.2 Å². The number of aromatic nitrogens is 2. The van der Waals surface area contributed by atoms with E-state index in [9.17, 15) is 19.2 Å². The maximum atomic E-state index is 13.5. The molecule has 1 fully saturated rings. The maximum Gasteiger partial charge on any atom is 0.271 e. The van der Waals surface area contributed by atoms with Crippen LogP contribution in [0.5, 0.6) is 0 Å². The Morgan fingerprint density at radius 3 is 2.40 bits per heavy atom. The van der Waals surface area contributed by atoms with Gasteiger partial charge in [-0.15, -0.1) is 22.7 Å². The molecule has 4 N–H and O–H groups in total. The number of nitrogens with zero attached hydrogens (tertiary/aromatic N) is 3. The van der Waals surface area contributed by atoms with Crippen LogP contribution in [0.15, 0.2) is 41.1 Å². The van der Waals surface area contributed by atoms with Gasteiger partial charge >= 0.3 is 0 Å². The number of amides is 4. The largest absolute Gasteiger partial charge is 0.351 e. The first kappa shape index (κ1) is 30.8. The molecule has 0 spiro atoms. The summed E-state index contributed by atoms with van der Waals surface area (Å²) in [6, 6.07) is 8.53. The molecule has 4 bridgehead atoms. The van der Waals surface area contributed by atoms with Crippen molar-refractivity contribution < 1.29 is 19.2 Å². The third-order valence-electron chi connectivity index (χ3n) is 7.54. The molecule has 1 saturated heterocycles. The van der Waals surface area contributed by atoms with E-state index in [1.54, 1.807) is 15.7 Å². The lowest BCUT2D eigenvalue weighted by Crippen LogP contribution is -2.49. The van der Waals surface area contributed by atoms with Crippen LogP contribution < -0.4 is 21.3 Å². The van der Waals surface area contributed by atoms with Gasteiger partial charge in [0.25, 0.3) is 11.8 Å². The summed E-state index contributed by atoms with van der Waals surface area (Å²) in [6.45, 7) is 5.23. The SMILES string of the molecule is CC(C)[C@@H]1NC(=O)c2csc(n2)C(Cc2ccccc2)NC(=O)CN(C(=O)[C@H]2CCCN2)CCCNC(=O)c2csc1n2. The summed E-state index contributed by atoms with van der Waals surface area (Å²) in [4.78, 5) is 63.8. The quantitative estimate of drug-likeness (QED) is 0.350. The van der Waals surface area contributed by atoms with E-state index in [1.165, 1.54) is 22.7 Å². The Bertz CT molecular complexity index is 1430. The van der Waals surface area contributed by atoms with E-state index in [1.807, 2.05) is 44.2 Å². The molecule has 228 valence electrons. The normalized spacial score (nSPS) is 22.3. The molecule has 3 atom stereocenters. The molecule has 11 nitrogen and oxygen atoms in total. The third kappa shape index (κ3) is 7.84. The zero-order valence-corrected chi connectivity index (χ0v) is 25.9.